The molecule has 0 aromatic carbocycles. The molecule has 0 bridgehead atoms. The highest BCUT2D eigenvalue weighted by atomic mass is 32.2. The van der Waals surface area contributed by atoms with Crippen LogP contribution in [0, 0.1) is 5.92 Å². The Balaban J connectivity index is 2.61. The first kappa shape index (κ1) is 19.2. The maximum absolute atomic E-state index is 12.6. The summed E-state index contributed by atoms with van der Waals surface area (Å²) in [6, 6.07) is 0. The summed E-state index contributed by atoms with van der Waals surface area (Å²) in [5.41, 5.74) is 0. The number of oxazole rings is 1. The molecule has 0 N–H and O–H groups in total. The minimum atomic E-state index is -4.10. The van der Waals surface area contributed by atoms with Crippen LogP contribution in [-0.2, 0) is 14.7 Å². The number of rotatable bonds is 9. The van der Waals surface area contributed by atoms with Gasteiger partial charge >= 0.3 is 11.3 Å². The zero-order valence-electron chi connectivity index (χ0n) is 12.6. The largest absolute Gasteiger partial charge is 0.427 e. The highest BCUT2D eigenvalue weighted by Gasteiger charge is 2.22. The van der Waals surface area contributed by atoms with Crippen LogP contribution in [0.25, 0.3) is 0 Å². The van der Waals surface area contributed by atoms with Crippen LogP contribution in [0.15, 0.2) is 32.9 Å². The van der Waals surface area contributed by atoms with E-state index in [0.717, 1.165) is 18.8 Å². The van der Waals surface area contributed by atoms with E-state index < -0.39 is 39.1 Å². The molecule has 0 radical (unpaired) electrons. The van der Waals surface area contributed by atoms with Crippen molar-refractivity contribution in [2.45, 2.75) is 31.9 Å². The lowest BCUT2D eigenvalue weighted by atomic mass is 10.1. The van der Waals surface area contributed by atoms with Crippen molar-refractivity contribution in [2.75, 3.05) is 12.4 Å². The summed E-state index contributed by atoms with van der Waals surface area (Å²) in [5.74, 6) is -2.19. The van der Waals surface area contributed by atoms with Gasteiger partial charge in [-0.2, -0.15) is 8.78 Å². The molecule has 0 aliphatic carbocycles. The van der Waals surface area contributed by atoms with Crippen molar-refractivity contribution in [3.63, 3.8) is 0 Å². The number of nitrogens with zero attached hydrogens (tertiary/aromatic N) is 2. The Bertz CT molecular complexity index is 665. The third-order valence-electron chi connectivity index (χ3n) is 2.60. The second kappa shape index (κ2) is 8.70. The van der Waals surface area contributed by atoms with Crippen LogP contribution >= 0.6 is 0 Å². The minimum absolute atomic E-state index is 0.0146. The van der Waals surface area contributed by atoms with E-state index in [1.54, 1.807) is 0 Å². The maximum atomic E-state index is 12.6. The molecule has 0 amide bonds. The highest BCUT2D eigenvalue weighted by molar-refractivity contribution is 7.91. The number of halogens is 3. The quantitative estimate of drug-likeness (QED) is 0.386. The third-order valence-corrected chi connectivity index (χ3v) is 4.07. The minimum Gasteiger partial charge on any atom is -0.427 e. The lowest BCUT2D eigenvalue weighted by molar-refractivity contribution is 0.134. The summed E-state index contributed by atoms with van der Waals surface area (Å²) in [7, 11) is -4.10. The summed E-state index contributed by atoms with van der Waals surface area (Å²) in [6.45, 7) is 4.44. The Labute approximate surface area is 131 Å². The Morgan fingerprint density at radius 1 is 1.43 bits per heavy atom. The molecule has 23 heavy (non-hydrogen) atoms. The average molecular weight is 354 g/mol. The SMILES string of the molecule is CC(C)CCO/N=C\c1cnc(S(=O)(=O)CCC(F)=C(F)F)o1. The Morgan fingerprint density at radius 3 is 2.74 bits per heavy atom. The first-order valence-electron chi connectivity index (χ1n) is 6.76. The molecule has 0 aliphatic heterocycles. The predicted molar refractivity (Wildman–Crippen MR) is 76.5 cm³/mol. The molecule has 0 saturated heterocycles. The summed E-state index contributed by atoms with van der Waals surface area (Å²) in [6.07, 6.45) is -0.469. The molecule has 1 heterocycles. The number of oxime groups is 1. The van der Waals surface area contributed by atoms with Crippen molar-refractivity contribution >= 4 is 16.1 Å². The lowest BCUT2D eigenvalue weighted by Crippen LogP contribution is -2.07. The maximum Gasteiger partial charge on any atom is 0.315 e. The van der Waals surface area contributed by atoms with Gasteiger partial charge in [0.1, 0.15) is 12.8 Å². The van der Waals surface area contributed by atoms with Crippen molar-refractivity contribution in [1.29, 1.82) is 0 Å². The van der Waals surface area contributed by atoms with Gasteiger partial charge in [-0.25, -0.2) is 17.8 Å². The molecule has 0 fully saturated rings. The predicted octanol–water partition coefficient (Wildman–Crippen LogP) is 3.31. The topological polar surface area (TPSA) is 81.8 Å². The van der Waals surface area contributed by atoms with Gasteiger partial charge in [0.05, 0.1) is 11.9 Å². The zero-order chi connectivity index (χ0) is 17.5. The summed E-state index contributed by atoms with van der Waals surface area (Å²) in [4.78, 5) is 8.45. The number of aromatic nitrogens is 1. The van der Waals surface area contributed by atoms with E-state index >= 15 is 0 Å². The molecule has 1 aromatic rings. The van der Waals surface area contributed by atoms with Crippen LogP contribution in [0.4, 0.5) is 13.2 Å². The van der Waals surface area contributed by atoms with E-state index in [9.17, 15) is 21.6 Å². The van der Waals surface area contributed by atoms with Crippen LogP contribution in [0.2, 0.25) is 0 Å². The van der Waals surface area contributed by atoms with Crippen molar-refractivity contribution < 1.29 is 30.8 Å². The molecule has 130 valence electrons. The monoisotopic (exact) mass is 354 g/mol. The van der Waals surface area contributed by atoms with Gasteiger partial charge in [0.15, 0.2) is 11.6 Å². The van der Waals surface area contributed by atoms with Gasteiger partial charge < -0.3 is 9.25 Å². The Hall–Kier alpha value is -1.84. The van der Waals surface area contributed by atoms with Gasteiger partial charge in [0.2, 0.25) is 9.84 Å². The van der Waals surface area contributed by atoms with Gasteiger partial charge in [-0.3, -0.25) is 0 Å². The van der Waals surface area contributed by atoms with E-state index in [0.29, 0.717) is 12.5 Å². The fraction of sp³-hybridized carbons (Fsp3) is 0.538. The van der Waals surface area contributed by atoms with Crippen LogP contribution in [-0.4, -0.2) is 32.0 Å². The summed E-state index contributed by atoms with van der Waals surface area (Å²) in [5, 5.41) is 2.90. The zero-order valence-corrected chi connectivity index (χ0v) is 13.4. The van der Waals surface area contributed by atoms with Crippen molar-refractivity contribution in [2.24, 2.45) is 11.1 Å². The number of hydrogen-bond acceptors (Lipinski definition) is 6. The van der Waals surface area contributed by atoms with Crippen LogP contribution < -0.4 is 0 Å². The second-order valence-corrected chi connectivity index (χ2v) is 7.00. The molecular weight excluding hydrogens is 337 g/mol. The van der Waals surface area contributed by atoms with Crippen molar-refractivity contribution in [1.82, 2.24) is 4.98 Å². The van der Waals surface area contributed by atoms with Gasteiger partial charge in [0, 0.05) is 6.42 Å². The average Bonchev–Trinajstić information content (AvgIpc) is 2.93. The van der Waals surface area contributed by atoms with Crippen LogP contribution in [0.5, 0.6) is 0 Å². The van der Waals surface area contributed by atoms with Gasteiger partial charge in [0.25, 0.3) is 0 Å². The molecule has 10 heteroatoms. The highest BCUT2D eigenvalue weighted by Crippen LogP contribution is 2.18. The van der Waals surface area contributed by atoms with E-state index in [1.165, 1.54) is 0 Å². The second-order valence-electron chi connectivity index (χ2n) is 5.01. The summed E-state index contributed by atoms with van der Waals surface area (Å²) >= 11 is 0. The fourth-order valence-electron chi connectivity index (χ4n) is 1.31. The first-order chi connectivity index (χ1) is 10.7. The standard InChI is InChI=1S/C13H17F3N2O4S/c1-9(2)3-5-21-18-8-10-7-17-13(22-10)23(19,20)6-4-11(14)12(15)16/h7-9H,3-6H2,1-2H3/b18-8-. The van der Waals surface area contributed by atoms with E-state index in [2.05, 4.69) is 10.1 Å². The van der Waals surface area contributed by atoms with Crippen LogP contribution in [0.3, 0.4) is 0 Å². The third kappa shape index (κ3) is 6.85. The smallest absolute Gasteiger partial charge is 0.315 e. The molecule has 6 nitrogen and oxygen atoms in total. The number of allylic oxidation sites excluding steroid dienone is 1. The van der Waals surface area contributed by atoms with Crippen molar-refractivity contribution in [3.8, 4) is 0 Å². The fourth-order valence-corrected chi connectivity index (χ4v) is 2.37. The molecule has 0 atom stereocenters. The molecule has 0 aliphatic rings. The Morgan fingerprint density at radius 2 is 2.13 bits per heavy atom. The van der Waals surface area contributed by atoms with Gasteiger partial charge in [-0.05, 0) is 12.3 Å². The first-order valence-corrected chi connectivity index (χ1v) is 8.41. The summed E-state index contributed by atoms with van der Waals surface area (Å²) < 4.78 is 64.9. The number of sulfone groups is 1. The molecule has 0 spiro atoms. The van der Waals surface area contributed by atoms with Gasteiger partial charge in [-0.15, -0.1) is 0 Å². The lowest BCUT2D eigenvalue weighted by Gasteiger charge is -2.01. The molecule has 0 saturated carbocycles. The normalized spacial score (nSPS) is 12.1. The van der Waals surface area contributed by atoms with E-state index in [1.807, 2.05) is 13.8 Å². The number of hydrogen-bond donors (Lipinski definition) is 0. The van der Waals surface area contributed by atoms with Gasteiger partial charge in [-0.1, -0.05) is 19.0 Å². The van der Waals surface area contributed by atoms with E-state index in [-0.39, 0.29) is 5.76 Å². The van der Waals surface area contributed by atoms with Crippen LogP contribution in [0.1, 0.15) is 32.4 Å². The van der Waals surface area contributed by atoms with E-state index in [4.69, 9.17) is 9.25 Å². The molecular formula is C13H17F3N2O4S. The molecule has 0 unspecified atom stereocenters. The van der Waals surface area contributed by atoms with Crippen molar-refractivity contribution in [3.05, 3.63) is 23.9 Å². The molecule has 1 aromatic heterocycles. The molecule has 1 rings (SSSR count). The Kier molecular flexibility index (Phi) is 7.27.